The Hall–Kier alpha value is -0.590. The Balaban J connectivity index is 1.76. The van der Waals surface area contributed by atoms with E-state index in [2.05, 4.69) is 6.07 Å². The van der Waals surface area contributed by atoms with Crippen molar-refractivity contribution in [3.05, 3.63) is 0 Å². The lowest BCUT2D eigenvalue weighted by Crippen LogP contribution is -2.27. The summed E-state index contributed by atoms with van der Waals surface area (Å²) in [5.74, 6) is 1.47. The van der Waals surface area contributed by atoms with Gasteiger partial charge in [-0.05, 0) is 37.5 Å². The van der Waals surface area contributed by atoms with Gasteiger partial charge in [0.2, 0.25) is 0 Å². The van der Waals surface area contributed by atoms with Crippen LogP contribution in [0.2, 0.25) is 0 Å². The van der Waals surface area contributed by atoms with Crippen molar-refractivity contribution in [1.82, 2.24) is 0 Å². The van der Waals surface area contributed by atoms with Crippen LogP contribution in [0.1, 0.15) is 32.1 Å². The molecule has 0 aliphatic heterocycles. The van der Waals surface area contributed by atoms with Gasteiger partial charge in [-0.3, -0.25) is 0 Å². The topological polar surface area (TPSA) is 42.2 Å². The number of hydrogen-bond donors (Lipinski definition) is 0. The molecule has 3 unspecified atom stereocenters. The van der Waals surface area contributed by atoms with Crippen molar-refractivity contribution in [3.8, 4) is 6.07 Å². The summed E-state index contributed by atoms with van der Waals surface area (Å²) < 4.78 is 10.4. The lowest BCUT2D eigenvalue weighted by molar-refractivity contribution is 0.0502. The molecule has 3 nitrogen and oxygen atoms in total. The lowest BCUT2D eigenvalue weighted by Gasteiger charge is -2.30. The summed E-state index contributed by atoms with van der Waals surface area (Å²) in [7, 11) is 1.68. The summed E-state index contributed by atoms with van der Waals surface area (Å²) in [6, 6.07) is 2.59. The highest BCUT2D eigenvalue weighted by atomic mass is 16.5. The van der Waals surface area contributed by atoms with E-state index in [1.165, 1.54) is 19.3 Å². The van der Waals surface area contributed by atoms with Crippen LogP contribution in [-0.4, -0.2) is 26.9 Å². The highest BCUT2D eigenvalue weighted by molar-refractivity contribution is 5.11. The number of ether oxygens (including phenoxy) is 2. The first-order chi connectivity index (χ1) is 7.80. The van der Waals surface area contributed by atoms with Gasteiger partial charge in [-0.1, -0.05) is 6.42 Å². The van der Waals surface area contributed by atoms with Crippen molar-refractivity contribution in [1.29, 1.82) is 5.26 Å². The molecule has 0 radical (unpaired) electrons. The van der Waals surface area contributed by atoms with Crippen LogP contribution in [-0.2, 0) is 9.47 Å². The van der Waals surface area contributed by atoms with E-state index >= 15 is 0 Å². The van der Waals surface area contributed by atoms with Gasteiger partial charge < -0.3 is 9.47 Å². The molecule has 16 heavy (non-hydrogen) atoms. The maximum Gasteiger partial charge on any atom is 0.0700 e. The largest absolute Gasteiger partial charge is 0.382 e. The van der Waals surface area contributed by atoms with Crippen molar-refractivity contribution >= 4 is 0 Å². The Morgan fingerprint density at radius 3 is 2.75 bits per heavy atom. The van der Waals surface area contributed by atoms with Gasteiger partial charge in [-0.25, -0.2) is 0 Å². The molecule has 2 aliphatic rings. The minimum Gasteiger partial charge on any atom is -0.382 e. The molecule has 0 spiro atoms. The number of methoxy groups -OCH3 is 1. The Kier molecular flexibility index (Phi) is 3.83. The number of hydrogen-bond acceptors (Lipinski definition) is 3. The molecule has 0 aromatic carbocycles. The zero-order valence-corrected chi connectivity index (χ0v) is 10.1. The summed E-state index contributed by atoms with van der Waals surface area (Å²) >= 11 is 0. The average molecular weight is 223 g/mol. The monoisotopic (exact) mass is 223 g/mol. The van der Waals surface area contributed by atoms with E-state index in [0.717, 1.165) is 18.8 Å². The van der Waals surface area contributed by atoms with Gasteiger partial charge >= 0.3 is 0 Å². The zero-order valence-electron chi connectivity index (χ0n) is 10.1. The van der Waals surface area contributed by atoms with E-state index < -0.39 is 0 Å². The third-order valence-corrected chi connectivity index (χ3v) is 4.32. The minimum absolute atomic E-state index is 0.0595. The van der Waals surface area contributed by atoms with E-state index in [-0.39, 0.29) is 5.41 Å². The Morgan fingerprint density at radius 1 is 1.31 bits per heavy atom. The van der Waals surface area contributed by atoms with Crippen LogP contribution in [0.25, 0.3) is 0 Å². The minimum atomic E-state index is -0.0595. The van der Waals surface area contributed by atoms with Crippen molar-refractivity contribution in [2.75, 3.05) is 26.9 Å². The number of nitriles is 1. The molecule has 0 aromatic rings. The van der Waals surface area contributed by atoms with Crippen molar-refractivity contribution < 1.29 is 9.47 Å². The van der Waals surface area contributed by atoms with E-state index in [1.54, 1.807) is 7.11 Å². The molecule has 2 saturated carbocycles. The first-order valence-corrected chi connectivity index (χ1v) is 6.28. The fourth-order valence-electron chi connectivity index (χ4n) is 3.44. The maximum atomic E-state index is 9.41. The molecular weight excluding hydrogens is 202 g/mol. The van der Waals surface area contributed by atoms with E-state index in [1.807, 2.05) is 0 Å². The molecule has 2 bridgehead atoms. The van der Waals surface area contributed by atoms with Gasteiger partial charge in [0.05, 0.1) is 24.7 Å². The van der Waals surface area contributed by atoms with Crippen molar-refractivity contribution in [2.45, 2.75) is 32.1 Å². The van der Waals surface area contributed by atoms with Crippen LogP contribution in [0.3, 0.4) is 0 Å². The first kappa shape index (κ1) is 11.9. The SMILES string of the molecule is COCCOCCC1(C#N)CC2CCC1C2. The predicted molar refractivity (Wildman–Crippen MR) is 60.8 cm³/mol. The molecule has 0 saturated heterocycles. The Bertz CT molecular complexity index is 274. The molecule has 0 heterocycles. The normalized spacial score (nSPS) is 36.5. The molecule has 3 atom stereocenters. The average Bonchev–Trinajstić information content (AvgIpc) is 2.89. The molecule has 2 rings (SSSR count). The second-order valence-electron chi connectivity index (χ2n) is 5.20. The fraction of sp³-hybridized carbons (Fsp3) is 0.923. The summed E-state index contributed by atoms with van der Waals surface area (Å²) in [5.41, 5.74) is -0.0595. The predicted octanol–water partition coefficient (Wildman–Crippen LogP) is 2.37. The molecule has 2 aliphatic carbocycles. The highest BCUT2D eigenvalue weighted by Gasteiger charge is 2.50. The first-order valence-electron chi connectivity index (χ1n) is 6.28. The third-order valence-electron chi connectivity index (χ3n) is 4.32. The molecule has 3 heteroatoms. The van der Waals surface area contributed by atoms with Crippen LogP contribution in [0.4, 0.5) is 0 Å². The lowest BCUT2D eigenvalue weighted by atomic mass is 9.72. The van der Waals surface area contributed by atoms with Crippen molar-refractivity contribution in [2.24, 2.45) is 17.3 Å². The highest BCUT2D eigenvalue weighted by Crippen LogP contribution is 2.57. The standard InChI is InChI=1S/C13H21NO2/c1-15-6-7-16-5-4-13(10-14)9-11-2-3-12(13)8-11/h11-12H,2-9H2,1H3. The summed E-state index contributed by atoms with van der Waals surface area (Å²) in [5, 5.41) is 9.41. The fourth-order valence-corrected chi connectivity index (χ4v) is 3.44. The quantitative estimate of drug-likeness (QED) is 0.649. The molecule has 0 aromatic heterocycles. The van der Waals surface area contributed by atoms with Crippen molar-refractivity contribution in [3.63, 3.8) is 0 Å². The van der Waals surface area contributed by atoms with Gasteiger partial charge in [0.1, 0.15) is 0 Å². The third kappa shape index (κ3) is 2.23. The summed E-state index contributed by atoms with van der Waals surface area (Å²) in [6.07, 6.45) is 5.91. The second-order valence-corrected chi connectivity index (χ2v) is 5.20. The van der Waals surface area contributed by atoms with Gasteiger partial charge in [-0.2, -0.15) is 5.26 Å². The zero-order chi connectivity index (χ0) is 11.4. The molecule has 0 N–H and O–H groups in total. The number of nitrogens with zero attached hydrogens (tertiary/aromatic N) is 1. The Morgan fingerprint density at radius 2 is 2.19 bits per heavy atom. The Labute approximate surface area is 97.7 Å². The number of fused-ring (bicyclic) bond motifs is 2. The summed E-state index contributed by atoms with van der Waals surface area (Å²) in [6.45, 7) is 2.00. The van der Waals surface area contributed by atoms with Gasteiger partial charge in [0.15, 0.2) is 0 Å². The maximum absolute atomic E-state index is 9.41. The summed E-state index contributed by atoms with van der Waals surface area (Å²) in [4.78, 5) is 0. The van der Waals surface area contributed by atoms with E-state index in [4.69, 9.17) is 9.47 Å². The van der Waals surface area contributed by atoms with E-state index in [9.17, 15) is 5.26 Å². The number of rotatable bonds is 6. The second kappa shape index (κ2) is 5.16. The van der Waals surface area contributed by atoms with Crippen LogP contribution >= 0.6 is 0 Å². The van der Waals surface area contributed by atoms with Crippen LogP contribution in [0.15, 0.2) is 0 Å². The van der Waals surface area contributed by atoms with Crippen LogP contribution < -0.4 is 0 Å². The molecule has 0 amide bonds. The molecular formula is C13H21NO2. The van der Waals surface area contributed by atoms with Gasteiger partial charge in [0, 0.05) is 13.7 Å². The molecule has 2 fully saturated rings. The molecule has 90 valence electrons. The van der Waals surface area contributed by atoms with Crippen LogP contribution in [0, 0.1) is 28.6 Å². The van der Waals surface area contributed by atoms with Gasteiger partial charge in [-0.15, -0.1) is 0 Å². The van der Waals surface area contributed by atoms with Crippen LogP contribution in [0.5, 0.6) is 0 Å². The van der Waals surface area contributed by atoms with E-state index in [0.29, 0.717) is 25.7 Å². The smallest absolute Gasteiger partial charge is 0.0700 e. The van der Waals surface area contributed by atoms with Gasteiger partial charge in [0.25, 0.3) is 0 Å².